The van der Waals surface area contributed by atoms with Crippen molar-refractivity contribution in [3.8, 4) is 0 Å². The number of amides is 1. The fourth-order valence-electron chi connectivity index (χ4n) is 2.93. The maximum atomic E-state index is 11.7. The first-order valence-corrected chi connectivity index (χ1v) is 8.07. The van der Waals surface area contributed by atoms with Crippen LogP contribution in [0.1, 0.15) is 39.0 Å². The summed E-state index contributed by atoms with van der Waals surface area (Å²) < 4.78 is 0. The van der Waals surface area contributed by atoms with Crippen LogP contribution in [0, 0.1) is 0 Å². The van der Waals surface area contributed by atoms with Gasteiger partial charge in [-0.1, -0.05) is 6.92 Å². The highest BCUT2D eigenvalue weighted by molar-refractivity contribution is 5.96. The van der Waals surface area contributed by atoms with Crippen molar-refractivity contribution in [1.29, 1.82) is 0 Å². The average Bonchev–Trinajstić information content (AvgIpc) is 2.55. The molecule has 0 radical (unpaired) electrons. The number of nitrogens with zero attached hydrogens (tertiary/aromatic N) is 3. The smallest absolute Gasteiger partial charge is 0.224 e. The van der Waals surface area contributed by atoms with Crippen LogP contribution >= 0.6 is 0 Å². The number of piperidine rings is 1. The van der Waals surface area contributed by atoms with Crippen molar-refractivity contribution >= 4 is 28.3 Å². The standard InChI is InChI=1S/C17H22N4O/c1-2-6-16(22)20-13-7-8-14-15(11-13)18-12-19-17(14)21-9-4-3-5-10-21/h7-8,11-12H,2-6,9-10H2,1H3,(H,20,22). The van der Waals surface area contributed by atoms with Crippen LogP contribution in [0.15, 0.2) is 24.5 Å². The van der Waals surface area contributed by atoms with Gasteiger partial charge in [0, 0.05) is 30.6 Å². The summed E-state index contributed by atoms with van der Waals surface area (Å²) in [5, 5.41) is 3.97. The Balaban J connectivity index is 1.88. The van der Waals surface area contributed by atoms with Crippen LogP contribution in [-0.2, 0) is 4.79 Å². The molecule has 2 aromatic rings. The molecule has 3 rings (SSSR count). The van der Waals surface area contributed by atoms with E-state index in [1.807, 2.05) is 25.1 Å². The molecule has 0 spiro atoms. The van der Waals surface area contributed by atoms with Gasteiger partial charge in [-0.15, -0.1) is 0 Å². The third kappa shape index (κ3) is 3.18. The molecule has 1 fully saturated rings. The molecule has 2 heterocycles. The van der Waals surface area contributed by atoms with Crippen molar-refractivity contribution < 1.29 is 4.79 Å². The maximum Gasteiger partial charge on any atom is 0.224 e. The summed E-state index contributed by atoms with van der Waals surface area (Å²) >= 11 is 0. The highest BCUT2D eigenvalue weighted by Crippen LogP contribution is 2.27. The van der Waals surface area contributed by atoms with E-state index in [-0.39, 0.29) is 5.91 Å². The fourth-order valence-corrected chi connectivity index (χ4v) is 2.93. The van der Waals surface area contributed by atoms with Crippen LogP contribution in [0.2, 0.25) is 0 Å². The molecular formula is C17H22N4O. The Morgan fingerprint density at radius 2 is 2.05 bits per heavy atom. The van der Waals surface area contributed by atoms with Crippen molar-refractivity contribution in [2.75, 3.05) is 23.3 Å². The zero-order chi connectivity index (χ0) is 15.4. The SMILES string of the molecule is CCCC(=O)Nc1ccc2c(N3CCCCC3)ncnc2c1. The van der Waals surface area contributed by atoms with Crippen LogP contribution in [0.25, 0.3) is 10.9 Å². The Bertz CT molecular complexity index is 665. The fraction of sp³-hybridized carbons (Fsp3) is 0.471. The van der Waals surface area contributed by atoms with E-state index < -0.39 is 0 Å². The molecule has 1 amide bonds. The van der Waals surface area contributed by atoms with Gasteiger partial charge in [-0.05, 0) is 43.9 Å². The number of hydrogen-bond donors (Lipinski definition) is 1. The van der Waals surface area contributed by atoms with Crippen LogP contribution in [-0.4, -0.2) is 29.0 Å². The van der Waals surface area contributed by atoms with Gasteiger partial charge in [0.15, 0.2) is 0 Å². The molecular weight excluding hydrogens is 276 g/mol. The Kier molecular flexibility index (Phi) is 4.51. The summed E-state index contributed by atoms with van der Waals surface area (Å²) in [5.74, 6) is 1.06. The lowest BCUT2D eigenvalue weighted by molar-refractivity contribution is -0.116. The van der Waals surface area contributed by atoms with Gasteiger partial charge in [-0.25, -0.2) is 9.97 Å². The largest absolute Gasteiger partial charge is 0.356 e. The maximum absolute atomic E-state index is 11.7. The molecule has 5 nitrogen and oxygen atoms in total. The normalized spacial score (nSPS) is 15.0. The van der Waals surface area contributed by atoms with Gasteiger partial charge in [-0.2, -0.15) is 0 Å². The highest BCUT2D eigenvalue weighted by atomic mass is 16.1. The number of rotatable bonds is 4. The average molecular weight is 298 g/mol. The quantitative estimate of drug-likeness (QED) is 0.940. The topological polar surface area (TPSA) is 58.1 Å². The minimum absolute atomic E-state index is 0.0483. The molecule has 0 saturated carbocycles. The third-order valence-corrected chi connectivity index (χ3v) is 4.03. The van der Waals surface area contributed by atoms with Gasteiger partial charge in [0.1, 0.15) is 12.1 Å². The molecule has 0 unspecified atom stereocenters. The molecule has 22 heavy (non-hydrogen) atoms. The van der Waals surface area contributed by atoms with E-state index in [1.54, 1.807) is 6.33 Å². The lowest BCUT2D eigenvalue weighted by Crippen LogP contribution is -2.30. The summed E-state index contributed by atoms with van der Waals surface area (Å²) in [4.78, 5) is 22.9. The second kappa shape index (κ2) is 6.73. The second-order valence-electron chi connectivity index (χ2n) is 5.78. The summed E-state index contributed by atoms with van der Waals surface area (Å²) in [5.41, 5.74) is 1.68. The van der Waals surface area contributed by atoms with Crippen molar-refractivity contribution in [2.45, 2.75) is 39.0 Å². The molecule has 1 aromatic heterocycles. The molecule has 1 aromatic carbocycles. The minimum atomic E-state index is 0.0483. The van der Waals surface area contributed by atoms with Crippen LogP contribution in [0.5, 0.6) is 0 Å². The van der Waals surface area contributed by atoms with Crippen molar-refractivity contribution in [1.82, 2.24) is 9.97 Å². The van der Waals surface area contributed by atoms with Gasteiger partial charge in [0.05, 0.1) is 5.52 Å². The van der Waals surface area contributed by atoms with Crippen LogP contribution in [0.3, 0.4) is 0 Å². The lowest BCUT2D eigenvalue weighted by Gasteiger charge is -2.28. The predicted octanol–water partition coefficient (Wildman–Crippen LogP) is 3.36. The number of anilines is 2. The van der Waals surface area contributed by atoms with Gasteiger partial charge in [0.25, 0.3) is 0 Å². The van der Waals surface area contributed by atoms with Crippen molar-refractivity contribution in [3.63, 3.8) is 0 Å². The van der Waals surface area contributed by atoms with Gasteiger partial charge in [0.2, 0.25) is 5.91 Å². The van der Waals surface area contributed by atoms with Gasteiger partial charge >= 0.3 is 0 Å². The monoisotopic (exact) mass is 298 g/mol. The zero-order valence-electron chi connectivity index (χ0n) is 13.0. The van der Waals surface area contributed by atoms with Crippen molar-refractivity contribution in [2.24, 2.45) is 0 Å². The summed E-state index contributed by atoms with van der Waals surface area (Å²) in [6.45, 7) is 4.11. The molecule has 0 aliphatic carbocycles. The lowest BCUT2D eigenvalue weighted by atomic mass is 10.1. The number of aromatic nitrogens is 2. The molecule has 0 atom stereocenters. The first-order valence-electron chi connectivity index (χ1n) is 8.07. The highest BCUT2D eigenvalue weighted by Gasteiger charge is 2.15. The molecule has 116 valence electrons. The minimum Gasteiger partial charge on any atom is -0.356 e. The van der Waals surface area contributed by atoms with E-state index in [1.165, 1.54) is 19.3 Å². The van der Waals surface area contributed by atoms with Gasteiger partial charge < -0.3 is 10.2 Å². The molecule has 5 heteroatoms. The molecule has 1 saturated heterocycles. The Labute approximate surface area is 130 Å². The zero-order valence-corrected chi connectivity index (χ0v) is 13.0. The number of carbonyl (C=O) groups excluding carboxylic acids is 1. The van der Waals surface area contributed by atoms with E-state index in [0.717, 1.165) is 41.9 Å². The van der Waals surface area contributed by atoms with Crippen LogP contribution in [0.4, 0.5) is 11.5 Å². The van der Waals surface area contributed by atoms with Crippen molar-refractivity contribution in [3.05, 3.63) is 24.5 Å². The Morgan fingerprint density at radius 3 is 2.82 bits per heavy atom. The first-order chi connectivity index (χ1) is 10.8. The van der Waals surface area contributed by atoms with E-state index in [4.69, 9.17) is 0 Å². The van der Waals surface area contributed by atoms with E-state index >= 15 is 0 Å². The summed E-state index contributed by atoms with van der Waals surface area (Å²) in [6.07, 6.45) is 6.74. The van der Waals surface area contributed by atoms with E-state index in [2.05, 4.69) is 20.2 Å². The van der Waals surface area contributed by atoms with E-state index in [0.29, 0.717) is 6.42 Å². The molecule has 1 N–H and O–H groups in total. The third-order valence-electron chi connectivity index (χ3n) is 4.03. The number of nitrogens with one attached hydrogen (secondary N) is 1. The Hall–Kier alpha value is -2.17. The second-order valence-corrected chi connectivity index (χ2v) is 5.78. The Morgan fingerprint density at radius 1 is 1.23 bits per heavy atom. The number of hydrogen-bond acceptors (Lipinski definition) is 4. The molecule has 1 aliphatic heterocycles. The first kappa shape index (κ1) is 14.8. The molecule has 1 aliphatic rings. The van der Waals surface area contributed by atoms with E-state index in [9.17, 15) is 4.79 Å². The summed E-state index contributed by atoms with van der Waals surface area (Å²) in [6, 6.07) is 5.88. The number of carbonyl (C=O) groups is 1. The van der Waals surface area contributed by atoms with Crippen LogP contribution < -0.4 is 10.2 Å². The van der Waals surface area contributed by atoms with Gasteiger partial charge in [-0.3, -0.25) is 4.79 Å². The number of fused-ring (bicyclic) bond motifs is 1. The number of benzene rings is 1. The predicted molar refractivity (Wildman–Crippen MR) is 89.1 cm³/mol. The molecule has 0 bridgehead atoms. The summed E-state index contributed by atoms with van der Waals surface area (Å²) in [7, 11) is 0.